The van der Waals surface area contributed by atoms with E-state index in [0.717, 1.165) is 38.5 Å². The Morgan fingerprint density at radius 1 is 1.04 bits per heavy atom. The van der Waals surface area contributed by atoms with Gasteiger partial charge < -0.3 is 10.6 Å². The van der Waals surface area contributed by atoms with Gasteiger partial charge in [0, 0.05) is 21.8 Å². The molecular weight excluding hydrogens is 378 g/mol. The van der Waals surface area contributed by atoms with Crippen molar-refractivity contribution in [2.24, 2.45) is 4.99 Å². The minimum Gasteiger partial charge on any atom is -0.339 e. The Kier molecular flexibility index (Phi) is 4.32. The molecule has 2 aromatic rings. The number of fused-ring (bicyclic) bond motifs is 1. The summed E-state index contributed by atoms with van der Waals surface area (Å²) >= 11 is 7.33. The summed E-state index contributed by atoms with van der Waals surface area (Å²) in [7, 11) is 0. The molecule has 0 amide bonds. The molecule has 0 radical (unpaired) electrons. The first-order valence-corrected chi connectivity index (χ1v) is 9.64. The molecular formula is C20H18ClN5S. The lowest BCUT2D eigenvalue weighted by atomic mass is 9.93. The maximum Gasteiger partial charge on any atom is 0.173 e. The Hall–Kier alpha value is -2.57. The smallest absolute Gasteiger partial charge is 0.173 e. The molecule has 0 unspecified atom stereocenters. The first kappa shape index (κ1) is 17.8. The van der Waals surface area contributed by atoms with Gasteiger partial charge in [-0.2, -0.15) is 0 Å². The van der Waals surface area contributed by atoms with Gasteiger partial charge >= 0.3 is 0 Å². The Bertz CT molecular complexity index is 1070. The van der Waals surface area contributed by atoms with Gasteiger partial charge in [-0.25, -0.2) is 4.99 Å². The molecule has 5 nitrogen and oxygen atoms in total. The van der Waals surface area contributed by atoms with E-state index in [-0.39, 0.29) is 5.84 Å². The molecule has 0 fully saturated rings. The molecule has 0 aromatic heterocycles. The van der Waals surface area contributed by atoms with Crippen molar-refractivity contribution >= 4 is 51.6 Å². The Morgan fingerprint density at radius 2 is 1.74 bits per heavy atom. The lowest BCUT2D eigenvalue weighted by molar-refractivity contribution is 1.27. The molecule has 2 aromatic carbocycles. The van der Waals surface area contributed by atoms with Crippen LogP contribution in [-0.2, 0) is 0 Å². The fourth-order valence-corrected chi connectivity index (χ4v) is 4.36. The second kappa shape index (κ2) is 6.55. The maximum absolute atomic E-state index is 8.36. The number of hydrogen-bond acceptors (Lipinski definition) is 4. The maximum atomic E-state index is 8.36. The summed E-state index contributed by atoms with van der Waals surface area (Å²) in [6.07, 6.45) is 0. The minimum absolute atomic E-state index is 0.193. The van der Waals surface area contributed by atoms with Crippen molar-refractivity contribution in [3.63, 3.8) is 0 Å². The lowest BCUT2D eigenvalue weighted by Crippen LogP contribution is -2.14. The fraction of sp³-hybridized carbons (Fsp3) is 0.150. The van der Waals surface area contributed by atoms with Crippen LogP contribution >= 0.6 is 23.4 Å². The molecule has 136 valence electrons. The van der Waals surface area contributed by atoms with Gasteiger partial charge in [-0.3, -0.25) is 10.8 Å². The van der Waals surface area contributed by atoms with Crippen LogP contribution < -0.4 is 10.6 Å². The predicted molar refractivity (Wildman–Crippen MR) is 115 cm³/mol. The number of aliphatic imine (C=N–C) groups is 1. The average molecular weight is 396 g/mol. The van der Waals surface area contributed by atoms with Crippen LogP contribution in [0.3, 0.4) is 0 Å². The van der Waals surface area contributed by atoms with E-state index in [4.69, 9.17) is 22.4 Å². The lowest BCUT2D eigenvalue weighted by Gasteiger charge is -2.12. The molecule has 0 atom stereocenters. The minimum atomic E-state index is 0.193. The van der Waals surface area contributed by atoms with Crippen molar-refractivity contribution in [1.29, 1.82) is 10.8 Å². The SMILES string of the molecule is Cc1cc(C)c2c(c1C)/C(=C1\SC(Nc3ccc(Cl)cc3)=NC1=N)NC2=N. The number of nitrogens with one attached hydrogen (secondary N) is 4. The number of aryl methyl sites for hydroxylation is 2. The van der Waals surface area contributed by atoms with Crippen LogP contribution in [-0.4, -0.2) is 16.8 Å². The van der Waals surface area contributed by atoms with E-state index in [2.05, 4.69) is 35.5 Å². The van der Waals surface area contributed by atoms with Crippen LogP contribution in [0.5, 0.6) is 0 Å². The van der Waals surface area contributed by atoms with E-state index in [1.54, 1.807) is 12.1 Å². The third kappa shape index (κ3) is 3.05. The summed E-state index contributed by atoms with van der Waals surface area (Å²) < 4.78 is 0. The Morgan fingerprint density at radius 3 is 2.44 bits per heavy atom. The van der Waals surface area contributed by atoms with E-state index in [0.29, 0.717) is 16.0 Å². The summed E-state index contributed by atoms with van der Waals surface area (Å²) in [4.78, 5) is 5.08. The fourth-order valence-electron chi connectivity index (χ4n) is 3.34. The highest BCUT2D eigenvalue weighted by molar-refractivity contribution is 8.19. The topological polar surface area (TPSA) is 84.1 Å². The van der Waals surface area contributed by atoms with Crippen LogP contribution in [0.25, 0.3) is 5.70 Å². The Labute approximate surface area is 166 Å². The van der Waals surface area contributed by atoms with E-state index in [1.807, 2.05) is 19.1 Å². The largest absolute Gasteiger partial charge is 0.339 e. The summed E-state index contributed by atoms with van der Waals surface area (Å²) in [5.74, 6) is 0.568. The third-order valence-electron chi connectivity index (χ3n) is 4.74. The van der Waals surface area contributed by atoms with E-state index >= 15 is 0 Å². The first-order chi connectivity index (χ1) is 12.8. The van der Waals surface area contributed by atoms with Crippen LogP contribution in [0.1, 0.15) is 27.8 Å². The highest BCUT2D eigenvalue weighted by atomic mass is 35.5. The Balaban J connectivity index is 1.72. The predicted octanol–water partition coefficient (Wildman–Crippen LogP) is 5.05. The summed E-state index contributed by atoms with van der Waals surface area (Å²) in [5.41, 5.74) is 6.94. The standard InChI is InChI=1S/C20H18ClN5S/c1-9-8-10(2)14-15(11(9)3)16(25-18(14)22)17-19(23)26-20(27-17)24-13-6-4-12(21)5-7-13/h4-8H,1-3H3,(H2,22,25)(H2,23,24,26)/b17-16+. The summed E-state index contributed by atoms with van der Waals surface area (Å²) in [6.45, 7) is 6.15. The second-order valence-electron chi connectivity index (χ2n) is 6.59. The van der Waals surface area contributed by atoms with Gasteiger partial charge in [0.15, 0.2) is 11.0 Å². The molecule has 0 aliphatic carbocycles. The highest BCUT2D eigenvalue weighted by Crippen LogP contribution is 2.40. The number of anilines is 1. The van der Waals surface area contributed by atoms with Crippen molar-refractivity contribution < 1.29 is 0 Å². The number of thioether (sulfide) groups is 1. The number of nitrogens with zero attached hydrogens (tertiary/aromatic N) is 1. The number of amidine groups is 3. The van der Waals surface area contributed by atoms with Crippen LogP contribution in [0.15, 0.2) is 40.2 Å². The number of benzene rings is 2. The van der Waals surface area contributed by atoms with E-state index in [9.17, 15) is 0 Å². The number of rotatable bonds is 1. The van der Waals surface area contributed by atoms with Crippen LogP contribution in [0.2, 0.25) is 5.02 Å². The monoisotopic (exact) mass is 395 g/mol. The second-order valence-corrected chi connectivity index (χ2v) is 8.02. The third-order valence-corrected chi connectivity index (χ3v) is 5.98. The van der Waals surface area contributed by atoms with Crippen molar-refractivity contribution in [3.8, 4) is 0 Å². The molecule has 2 heterocycles. The summed E-state index contributed by atoms with van der Waals surface area (Å²) in [6, 6.07) is 9.46. The summed E-state index contributed by atoms with van der Waals surface area (Å²) in [5, 5.41) is 24.4. The number of halogens is 1. The van der Waals surface area contributed by atoms with E-state index in [1.165, 1.54) is 17.3 Å². The van der Waals surface area contributed by atoms with Crippen LogP contribution in [0, 0.1) is 31.6 Å². The van der Waals surface area contributed by atoms with Gasteiger partial charge in [-0.15, -0.1) is 0 Å². The van der Waals surface area contributed by atoms with Gasteiger partial charge in [0.25, 0.3) is 0 Å². The zero-order valence-electron chi connectivity index (χ0n) is 15.1. The first-order valence-electron chi connectivity index (χ1n) is 8.44. The quantitative estimate of drug-likeness (QED) is 0.544. The van der Waals surface area contributed by atoms with Crippen molar-refractivity contribution in [1.82, 2.24) is 5.32 Å². The molecule has 0 spiro atoms. The van der Waals surface area contributed by atoms with Crippen molar-refractivity contribution in [3.05, 3.63) is 68.1 Å². The van der Waals surface area contributed by atoms with Crippen molar-refractivity contribution in [2.75, 3.05) is 5.32 Å². The highest BCUT2D eigenvalue weighted by Gasteiger charge is 2.32. The molecule has 4 rings (SSSR count). The molecule has 2 aliphatic heterocycles. The molecule has 0 bridgehead atoms. The van der Waals surface area contributed by atoms with Gasteiger partial charge in [0.1, 0.15) is 5.84 Å². The van der Waals surface area contributed by atoms with Crippen LogP contribution in [0.4, 0.5) is 5.69 Å². The normalized spacial score (nSPS) is 18.4. The molecule has 27 heavy (non-hydrogen) atoms. The zero-order valence-corrected chi connectivity index (χ0v) is 16.7. The van der Waals surface area contributed by atoms with Gasteiger partial charge in [0.2, 0.25) is 0 Å². The van der Waals surface area contributed by atoms with Gasteiger partial charge in [0.05, 0.1) is 10.6 Å². The zero-order chi connectivity index (χ0) is 19.3. The van der Waals surface area contributed by atoms with Gasteiger partial charge in [-0.1, -0.05) is 17.7 Å². The molecule has 4 N–H and O–H groups in total. The molecule has 0 saturated carbocycles. The van der Waals surface area contributed by atoms with E-state index < -0.39 is 0 Å². The molecule has 7 heteroatoms. The molecule has 0 saturated heterocycles. The average Bonchev–Trinajstić information content (AvgIpc) is 3.15. The molecule has 2 aliphatic rings. The van der Waals surface area contributed by atoms with Crippen molar-refractivity contribution in [2.45, 2.75) is 20.8 Å². The van der Waals surface area contributed by atoms with Gasteiger partial charge in [-0.05, 0) is 73.5 Å². The number of hydrogen-bond donors (Lipinski definition) is 4.